The number of amides is 1. The van der Waals surface area contributed by atoms with Crippen LogP contribution in [0.15, 0.2) is 24.3 Å². The summed E-state index contributed by atoms with van der Waals surface area (Å²) in [6.45, 7) is 2.71. The monoisotopic (exact) mass is 309 g/mol. The van der Waals surface area contributed by atoms with Crippen LogP contribution in [0.1, 0.15) is 19.4 Å². The third-order valence-electron chi connectivity index (χ3n) is 3.01. The standard InChI is InChI=1S/C15H19NO6/c1-4-22-14(20)15(13(18)19,16-10(2)17)9-11-5-7-12(21-3)8-6-11/h5-8H,4,9H2,1-3H3,(H,16,17)(H,18,19)/t15-/m1/s1. The van der Waals surface area contributed by atoms with Crippen LogP contribution in [-0.2, 0) is 25.5 Å². The number of hydrogen-bond donors (Lipinski definition) is 2. The summed E-state index contributed by atoms with van der Waals surface area (Å²) < 4.78 is 9.85. The lowest BCUT2D eigenvalue weighted by Gasteiger charge is -2.27. The van der Waals surface area contributed by atoms with Gasteiger partial charge in [-0.25, -0.2) is 9.59 Å². The first-order valence-electron chi connectivity index (χ1n) is 6.68. The topological polar surface area (TPSA) is 102 Å². The molecule has 120 valence electrons. The van der Waals surface area contributed by atoms with Crippen LogP contribution in [-0.4, -0.2) is 42.2 Å². The van der Waals surface area contributed by atoms with Crippen molar-refractivity contribution in [3.05, 3.63) is 29.8 Å². The van der Waals surface area contributed by atoms with E-state index in [4.69, 9.17) is 9.47 Å². The molecule has 1 aromatic carbocycles. The highest BCUT2D eigenvalue weighted by atomic mass is 16.5. The maximum Gasteiger partial charge on any atom is 0.344 e. The fourth-order valence-corrected chi connectivity index (χ4v) is 1.99. The van der Waals surface area contributed by atoms with Gasteiger partial charge in [-0.3, -0.25) is 4.79 Å². The zero-order chi connectivity index (χ0) is 16.8. The van der Waals surface area contributed by atoms with E-state index < -0.39 is 23.4 Å². The Morgan fingerprint density at radius 1 is 1.23 bits per heavy atom. The Morgan fingerprint density at radius 2 is 1.82 bits per heavy atom. The molecule has 0 saturated heterocycles. The summed E-state index contributed by atoms with van der Waals surface area (Å²) in [5.41, 5.74) is -1.61. The summed E-state index contributed by atoms with van der Waals surface area (Å²) in [5.74, 6) is -2.52. The molecule has 1 rings (SSSR count). The van der Waals surface area contributed by atoms with Crippen molar-refractivity contribution < 1.29 is 29.0 Å². The lowest BCUT2D eigenvalue weighted by Crippen LogP contribution is -2.61. The van der Waals surface area contributed by atoms with Crippen LogP contribution in [0, 0.1) is 0 Å². The van der Waals surface area contributed by atoms with E-state index >= 15 is 0 Å². The van der Waals surface area contributed by atoms with Crippen molar-refractivity contribution in [3.8, 4) is 5.75 Å². The average molecular weight is 309 g/mol. The summed E-state index contributed by atoms with van der Waals surface area (Å²) in [6.07, 6.45) is -0.231. The maximum atomic E-state index is 12.1. The number of rotatable bonds is 7. The molecule has 22 heavy (non-hydrogen) atoms. The first-order chi connectivity index (χ1) is 10.4. The van der Waals surface area contributed by atoms with Crippen LogP contribution in [0.2, 0.25) is 0 Å². The highest BCUT2D eigenvalue weighted by Crippen LogP contribution is 2.19. The number of nitrogens with one attached hydrogen (secondary N) is 1. The summed E-state index contributed by atoms with van der Waals surface area (Å²) in [5, 5.41) is 11.7. The minimum Gasteiger partial charge on any atom is -0.497 e. The van der Waals surface area contributed by atoms with Crippen LogP contribution < -0.4 is 10.1 Å². The summed E-state index contributed by atoms with van der Waals surface area (Å²) in [4.78, 5) is 35.1. The second-order valence-electron chi connectivity index (χ2n) is 4.64. The van der Waals surface area contributed by atoms with Crippen LogP contribution >= 0.6 is 0 Å². The van der Waals surface area contributed by atoms with Gasteiger partial charge >= 0.3 is 11.9 Å². The molecule has 0 spiro atoms. The van der Waals surface area contributed by atoms with Gasteiger partial charge < -0.3 is 19.9 Å². The largest absolute Gasteiger partial charge is 0.497 e. The third kappa shape index (κ3) is 3.97. The maximum absolute atomic E-state index is 12.1. The first kappa shape index (κ1) is 17.5. The fourth-order valence-electron chi connectivity index (χ4n) is 1.99. The molecule has 0 heterocycles. The van der Waals surface area contributed by atoms with Gasteiger partial charge in [-0.2, -0.15) is 0 Å². The number of esters is 1. The number of ether oxygens (including phenoxy) is 2. The first-order valence-corrected chi connectivity index (χ1v) is 6.68. The molecule has 0 radical (unpaired) electrons. The number of aliphatic carboxylic acids is 1. The number of carboxylic acids is 1. The second kappa shape index (κ2) is 7.44. The second-order valence-corrected chi connectivity index (χ2v) is 4.64. The number of hydrogen-bond acceptors (Lipinski definition) is 5. The number of carboxylic acid groups (broad SMARTS) is 1. The van der Waals surface area contributed by atoms with Crippen molar-refractivity contribution in [2.24, 2.45) is 0 Å². The lowest BCUT2D eigenvalue weighted by molar-refractivity contribution is -0.164. The highest BCUT2D eigenvalue weighted by Gasteiger charge is 2.48. The van der Waals surface area contributed by atoms with Crippen molar-refractivity contribution >= 4 is 17.8 Å². The summed E-state index contributed by atoms with van der Waals surface area (Å²) >= 11 is 0. The quantitative estimate of drug-likeness (QED) is 0.569. The van der Waals surface area contributed by atoms with Crippen molar-refractivity contribution in [2.45, 2.75) is 25.8 Å². The van der Waals surface area contributed by atoms with Crippen molar-refractivity contribution in [1.29, 1.82) is 0 Å². The molecule has 7 heteroatoms. The van der Waals surface area contributed by atoms with Gasteiger partial charge in [0.25, 0.3) is 0 Å². The molecule has 0 saturated carbocycles. The van der Waals surface area contributed by atoms with Gasteiger partial charge in [-0.1, -0.05) is 12.1 Å². The molecule has 0 aliphatic heterocycles. The molecule has 1 amide bonds. The Bertz CT molecular complexity index is 554. The Labute approximate surface area is 128 Å². The number of methoxy groups -OCH3 is 1. The van der Waals surface area contributed by atoms with E-state index in [2.05, 4.69) is 5.32 Å². The van der Waals surface area contributed by atoms with Crippen LogP contribution in [0.4, 0.5) is 0 Å². The van der Waals surface area contributed by atoms with Crippen molar-refractivity contribution in [2.75, 3.05) is 13.7 Å². The predicted molar refractivity (Wildman–Crippen MR) is 77.5 cm³/mol. The van der Waals surface area contributed by atoms with Crippen molar-refractivity contribution in [1.82, 2.24) is 5.32 Å². The average Bonchev–Trinajstić information content (AvgIpc) is 2.46. The van der Waals surface area contributed by atoms with Crippen LogP contribution in [0.3, 0.4) is 0 Å². The molecular weight excluding hydrogens is 290 g/mol. The smallest absolute Gasteiger partial charge is 0.344 e. The molecule has 0 aromatic heterocycles. The molecule has 2 N–H and O–H groups in total. The zero-order valence-electron chi connectivity index (χ0n) is 12.7. The Balaban J connectivity index is 3.18. The Morgan fingerprint density at radius 3 is 2.23 bits per heavy atom. The van der Waals surface area contributed by atoms with Crippen molar-refractivity contribution in [3.63, 3.8) is 0 Å². The van der Waals surface area contributed by atoms with E-state index in [1.807, 2.05) is 0 Å². The molecule has 7 nitrogen and oxygen atoms in total. The third-order valence-corrected chi connectivity index (χ3v) is 3.01. The zero-order valence-corrected chi connectivity index (χ0v) is 12.7. The molecular formula is C15H19NO6. The molecule has 0 bridgehead atoms. The summed E-state index contributed by atoms with van der Waals surface area (Å²) in [7, 11) is 1.51. The van der Waals surface area contributed by atoms with E-state index in [1.54, 1.807) is 31.2 Å². The number of carbonyl (C=O) groups is 3. The molecule has 0 fully saturated rings. The number of benzene rings is 1. The van der Waals surface area contributed by atoms with Gasteiger partial charge in [-0.05, 0) is 24.6 Å². The number of carbonyl (C=O) groups excluding carboxylic acids is 2. The molecule has 0 aliphatic rings. The molecule has 0 unspecified atom stereocenters. The molecule has 1 aromatic rings. The van der Waals surface area contributed by atoms with Gasteiger partial charge in [0, 0.05) is 13.3 Å². The Kier molecular flexibility index (Phi) is 5.91. The van der Waals surface area contributed by atoms with Gasteiger partial charge in [0.1, 0.15) is 5.75 Å². The minimum atomic E-state index is -2.16. The van der Waals surface area contributed by atoms with Gasteiger partial charge in [0.2, 0.25) is 11.4 Å². The van der Waals surface area contributed by atoms with Gasteiger partial charge in [0.15, 0.2) is 0 Å². The highest BCUT2D eigenvalue weighted by molar-refractivity contribution is 6.07. The fraction of sp³-hybridized carbons (Fsp3) is 0.400. The van der Waals surface area contributed by atoms with E-state index in [-0.39, 0.29) is 13.0 Å². The van der Waals surface area contributed by atoms with E-state index in [1.165, 1.54) is 7.11 Å². The van der Waals surface area contributed by atoms with E-state index in [0.29, 0.717) is 11.3 Å². The molecule has 1 atom stereocenters. The molecule has 0 aliphatic carbocycles. The predicted octanol–water partition coefficient (Wildman–Crippen LogP) is 0.760. The lowest BCUT2D eigenvalue weighted by atomic mass is 9.90. The van der Waals surface area contributed by atoms with E-state index in [0.717, 1.165) is 6.92 Å². The van der Waals surface area contributed by atoms with Crippen LogP contribution in [0.25, 0.3) is 0 Å². The Hall–Kier alpha value is -2.57. The normalized spacial score (nSPS) is 12.9. The van der Waals surface area contributed by atoms with Crippen LogP contribution in [0.5, 0.6) is 5.75 Å². The SMILES string of the molecule is CCOC(=O)[C@](Cc1ccc(OC)cc1)(NC(C)=O)C(=O)O. The minimum absolute atomic E-state index is 0.00998. The van der Waals surface area contributed by atoms with E-state index in [9.17, 15) is 19.5 Å². The van der Waals surface area contributed by atoms with Gasteiger partial charge in [0.05, 0.1) is 13.7 Å². The van der Waals surface area contributed by atoms with Gasteiger partial charge in [-0.15, -0.1) is 0 Å². The summed E-state index contributed by atoms with van der Waals surface area (Å²) in [6, 6.07) is 6.52.